The van der Waals surface area contributed by atoms with Crippen molar-refractivity contribution in [2.45, 2.75) is 22.8 Å². The van der Waals surface area contributed by atoms with Crippen LogP contribution in [0.3, 0.4) is 0 Å². The Morgan fingerprint density at radius 2 is 1.54 bits per heavy atom. The van der Waals surface area contributed by atoms with Crippen LogP contribution < -0.4 is 10.5 Å². The van der Waals surface area contributed by atoms with Crippen LogP contribution in [0.4, 0.5) is 5.69 Å². The number of carboxylic acids is 1. The van der Waals surface area contributed by atoms with E-state index in [1.807, 2.05) is 0 Å². The van der Waals surface area contributed by atoms with Crippen LogP contribution in [0.5, 0.6) is 0 Å². The van der Waals surface area contributed by atoms with Crippen LogP contribution in [-0.4, -0.2) is 45.3 Å². The highest BCUT2D eigenvalue weighted by Gasteiger charge is 2.25. The van der Waals surface area contributed by atoms with Gasteiger partial charge in [0.15, 0.2) is 0 Å². The molecule has 9 nitrogen and oxygen atoms in total. The minimum absolute atomic E-state index is 0.0220. The molecule has 0 radical (unpaired) electrons. The zero-order valence-electron chi connectivity index (χ0n) is 18.5. The zero-order chi connectivity index (χ0) is 25.6. The van der Waals surface area contributed by atoms with Crippen molar-refractivity contribution in [3.63, 3.8) is 0 Å². The van der Waals surface area contributed by atoms with E-state index in [-0.39, 0.29) is 29.4 Å². The van der Waals surface area contributed by atoms with Gasteiger partial charge in [0.25, 0.3) is 0 Å². The van der Waals surface area contributed by atoms with Gasteiger partial charge >= 0.3 is 5.97 Å². The average Bonchev–Trinajstić information content (AvgIpc) is 2.80. The maximum absolute atomic E-state index is 13.5. The normalized spacial score (nSPS) is 12.0. The average molecular weight is 582 g/mol. The molecule has 0 amide bonds. The lowest BCUT2D eigenvalue weighted by atomic mass is 10.1. The number of sulfonamides is 2. The molecule has 4 N–H and O–H groups in total. The summed E-state index contributed by atoms with van der Waals surface area (Å²) < 4.78 is 52.0. The molecule has 0 aliphatic carbocycles. The number of nitrogens with two attached hydrogens (primary N) is 1. The maximum atomic E-state index is 13.5. The molecule has 0 unspecified atom stereocenters. The Morgan fingerprint density at radius 3 is 2.14 bits per heavy atom. The number of halogens is 1. The van der Waals surface area contributed by atoms with E-state index in [4.69, 9.17) is 10.2 Å². The van der Waals surface area contributed by atoms with Crippen LogP contribution in [0.2, 0.25) is 0 Å². The third-order valence-corrected chi connectivity index (χ3v) is 8.40. The first-order chi connectivity index (χ1) is 16.4. The highest BCUT2D eigenvalue weighted by molar-refractivity contribution is 9.10. The molecule has 3 aromatic carbocycles. The van der Waals surface area contributed by atoms with Crippen molar-refractivity contribution in [1.29, 1.82) is 0 Å². The van der Waals surface area contributed by atoms with Crippen LogP contribution in [0.15, 0.2) is 87.1 Å². The van der Waals surface area contributed by atoms with Crippen molar-refractivity contribution in [3.05, 3.63) is 88.4 Å². The summed E-state index contributed by atoms with van der Waals surface area (Å²) in [7, 11) is -7.70. The molecule has 0 saturated carbocycles. The lowest BCUT2D eigenvalue weighted by Crippen LogP contribution is -2.32. The van der Waals surface area contributed by atoms with Crippen molar-refractivity contribution < 1.29 is 26.7 Å². The molecule has 3 aromatic rings. The van der Waals surface area contributed by atoms with Crippen molar-refractivity contribution in [1.82, 2.24) is 4.31 Å². The topological polar surface area (TPSA) is 147 Å². The summed E-state index contributed by atoms with van der Waals surface area (Å²) in [4.78, 5) is 11.0. The molecule has 0 saturated heterocycles. The minimum Gasteiger partial charge on any atom is -0.480 e. The van der Waals surface area contributed by atoms with E-state index in [2.05, 4.69) is 21.2 Å². The summed E-state index contributed by atoms with van der Waals surface area (Å²) in [5.41, 5.74) is 1.97. The van der Waals surface area contributed by atoms with Gasteiger partial charge in [0.1, 0.15) is 6.54 Å². The smallest absolute Gasteiger partial charge is 0.322 e. The standard InChI is InChI=1S/C23H24BrN3O6S2/c24-19-6-10-22(11-7-19)35(32,33)27(13-12-17-4-8-21(9-5-17)34(25,30)31)16-18-2-1-3-20(14-18)26-15-23(28)29/h1-11,14,26H,12-13,15-16H2,(H,28,29)(H2,25,30,31). The van der Waals surface area contributed by atoms with Crippen molar-refractivity contribution in [3.8, 4) is 0 Å². The Morgan fingerprint density at radius 1 is 0.914 bits per heavy atom. The summed E-state index contributed by atoms with van der Waals surface area (Å²) in [6, 6.07) is 19.2. The monoisotopic (exact) mass is 581 g/mol. The van der Waals surface area contributed by atoms with Gasteiger partial charge in [-0.3, -0.25) is 4.79 Å². The SMILES string of the molecule is NS(=O)(=O)c1ccc(CCN(Cc2cccc(NCC(=O)O)c2)S(=O)(=O)c2ccc(Br)cc2)cc1. The summed E-state index contributed by atoms with van der Waals surface area (Å²) in [5.74, 6) is -1.01. The van der Waals surface area contributed by atoms with E-state index in [1.54, 1.807) is 48.5 Å². The van der Waals surface area contributed by atoms with Crippen LogP contribution in [0, 0.1) is 0 Å². The summed E-state index contributed by atoms with van der Waals surface area (Å²) in [5, 5.41) is 16.8. The molecule has 3 rings (SSSR count). The Hall–Kier alpha value is -2.77. The molecular weight excluding hydrogens is 558 g/mol. The Kier molecular flexibility index (Phi) is 8.67. The van der Waals surface area contributed by atoms with Crippen molar-refractivity contribution in [2.24, 2.45) is 5.14 Å². The second-order valence-corrected chi connectivity index (χ2v) is 12.1. The largest absolute Gasteiger partial charge is 0.480 e. The number of benzene rings is 3. The number of carboxylic acid groups (broad SMARTS) is 1. The number of primary sulfonamides is 1. The number of hydrogen-bond acceptors (Lipinski definition) is 6. The van der Waals surface area contributed by atoms with Gasteiger partial charge in [-0.15, -0.1) is 0 Å². The fraction of sp³-hybridized carbons (Fsp3) is 0.174. The summed E-state index contributed by atoms with van der Waals surface area (Å²) in [6.07, 6.45) is 0.331. The predicted octanol–water partition coefficient (Wildman–Crippen LogP) is 3.03. The van der Waals surface area contributed by atoms with Crippen LogP contribution in [0.1, 0.15) is 11.1 Å². The highest BCUT2D eigenvalue weighted by atomic mass is 79.9. The van der Waals surface area contributed by atoms with Crippen molar-refractivity contribution in [2.75, 3.05) is 18.4 Å². The quantitative estimate of drug-likeness (QED) is 0.315. The van der Waals surface area contributed by atoms with Gasteiger partial charge in [-0.2, -0.15) is 4.31 Å². The lowest BCUT2D eigenvalue weighted by molar-refractivity contribution is -0.134. The number of rotatable bonds is 11. The van der Waals surface area contributed by atoms with Gasteiger partial charge in [0, 0.05) is 23.2 Å². The Labute approximate surface area is 212 Å². The summed E-state index contributed by atoms with van der Waals surface area (Å²) >= 11 is 3.31. The van der Waals surface area contributed by atoms with E-state index in [0.717, 1.165) is 10.0 Å². The zero-order valence-corrected chi connectivity index (χ0v) is 21.7. The predicted molar refractivity (Wildman–Crippen MR) is 136 cm³/mol. The Balaban J connectivity index is 1.86. The lowest BCUT2D eigenvalue weighted by Gasteiger charge is -2.23. The third kappa shape index (κ3) is 7.61. The molecule has 0 aromatic heterocycles. The fourth-order valence-corrected chi connectivity index (χ4v) is 5.51. The molecule has 0 aliphatic rings. The number of anilines is 1. The molecule has 0 aliphatic heterocycles. The van der Waals surface area contributed by atoms with E-state index in [1.165, 1.54) is 28.6 Å². The molecule has 35 heavy (non-hydrogen) atoms. The van der Waals surface area contributed by atoms with Crippen LogP contribution in [0.25, 0.3) is 0 Å². The van der Waals surface area contributed by atoms with Gasteiger partial charge in [-0.1, -0.05) is 40.2 Å². The van der Waals surface area contributed by atoms with Crippen LogP contribution in [-0.2, 0) is 37.8 Å². The molecule has 0 heterocycles. The number of nitrogens with zero attached hydrogens (tertiary/aromatic N) is 1. The first kappa shape index (κ1) is 26.8. The Bertz CT molecular complexity index is 1390. The molecule has 186 valence electrons. The van der Waals surface area contributed by atoms with Crippen molar-refractivity contribution >= 4 is 47.6 Å². The molecule has 0 atom stereocenters. The van der Waals surface area contributed by atoms with Gasteiger partial charge in [0.2, 0.25) is 20.0 Å². The number of aliphatic carboxylic acids is 1. The molecule has 12 heteroatoms. The minimum atomic E-state index is -3.87. The van der Waals surface area contributed by atoms with E-state index >= 15 is 0 Å². The summed E-state index contributed by atoms with van der Waals surface area (Å²) in [6.45, 7) is -0.0883. The van der Waals surface area contributed by atoms with Crippen LogP contribution >= 0.6 is 15.9 Å². The number of carbonyl (C=O) groups is 1. The van der Waals surface area contributed by atoms with Gasteiger partial charge in [-0.05, 0) is 66.1 Å². The van der Waals surface area contributed by atoms with Gasteiger partial charge < -0.3 is 10.4 Å². The first-order valence-corrected chi connectivity index (χ1v) is 14.2. The van der Waals surface area contributed by atoms with E-state index < -0.39 is 26.0 Å². The second-order valence-electron chi connectivity index (χ2n) is 7.68. The highest BCUT2D eigenvalue weighted by Crippen LogP contribution is 2.22. The molecule has 0 spiro atoms. The third-order valence-electron chi connectivity index (χ3n) is 5.08. The fourth-order valence-electron chi connectivity index (χ4n) is 3.30. The second kappa shape index (κ2) is 11.3. The van der Waals surface area contributed by atoms with E-state index in [0.29, 0.717) is 17.7 Å². The molecule has 0 bridgehead atoms. The number of hydrogen-bond donors (Lipinski definition) is 3. The van der Waals surface area contributed by atoms with Gasteiger partial charge in [-0.25, -0.2) is 22.0 Å². The molecule has 0 fully saturated rings. The maximum Gasteiger partial charge on any atom is 0.322 e. The van der Waals surface area contributed by atoms with Gasteiger partial charge in [0.05, 0.1) is 9.79 Å². The first-order valence-electron chi connectivity index (χ1n) is 10.4. The molecular formula is C23H24BrN3O6S2. The van der Waals surface area contributed by atoms with E-state index in [9.17, 15) is 21.6 Å². The number of nitrogens with one attached hydrogen (secondary N) is 1.